The molecule has 1 aromatic carbocycles. The maximum absolute atomic E-state index is 11.4. The van der Waals surface area contributed by atoms with Crippen LogP contribution in [0, 0.1) is 0 Å². The summed E-state index contributed by atoms with van der Waals surface area (Å²) in [6, 6.07) is 6.37. The Labute approximate surface area is 124 Å². The van der Waals surface area contributed by atoms with Crippen LogP contribution in [0.4, 0.5) is 0 Å². The van der Waals surface area contributed by atoms with E-state index in [2.05, 4.69) is 5.32 Å². The molecule has 1 atom stereocenters. The number of aliphatic carboxylic acids is 1. The molecule has 0 saturated carbocycles. The first kappa shape index (κ1) is 16.8. The molecule has 0 unspecified atom stereocenters. The fourth-order valence-electron chi connectivity index (χ4n) is 1.60. The fourth-order valence-corrected chi connectivity index (χ4v) is 1.60. The van der Waals surface area contributed by atoms with Gasteiger partial charge in [-0.15, -0.1) is 0 Å². The third-order valence-corrected chi connectivity index (χ3v) is 2.70. The molecule has 1 rings (SSSR count). The molecule has 0 saturated heterocycles. The maximum Gasteiger partial charge on any atom is 0.325 e. The van der Waals surface area contributed by atoms with Crippen LogP contribution in [0.15, 0.2) is 24.3 Å². The Morgan fingerprint density at radius 2 is 1.76 bits per heavy atom. The summed E-state index contributed by atoms with van der Waals surface area (Å²) in [4.78, 5) is 22.0. The van der Waals surface area contributed by atoms with Crippen LogP contribution in [0.5, 0.6) is 11.5 Å². The van der Waals surface area contributed by atoms with Crippen LogP contribution in [-0.2, 0) is 9.59 Å². The van der Waals surface area contributed by atoms with Crippen LogP contribution in [0.2, 0.25) is 0 Å². The van der Waals surface area contributed by atoms with Crippen LogP contribution in [0.25, 0.3) is 0 Å². The summed E-state index contributed by atoms with van der Waals surface area (Å²) in [5.41, 5.74) is 0. The average molecular weight is 295 g/mol. The minimum absolute atomic E-state index is 0.231. The highest BCUT2D eigenvalue weighted by Crippen LogP contribution is 2.17. The molecular weight excluding hydrogens is 274 g/mol. The summed E-state index contributed by atoms with van der Waals surface area (Å²) >= 11 is 0. The maximum atomic E-state index is 11.4. The minimum Gasteiger partial charge on any atom is -0.494 e. The van der Waals surface area contributed by atoms with Crippen molar-refractivity contribution in [3.05, 3.63) is 24.3 Å². The quantitative estimate of drug-likeness (QED) is 0.679. The van der Waals surface area contributed by atoms with Gasteiger partial charge in [0.1, 0.15) is 17.5 Å². The zero-order valence-electron chi connectivity index (χ0n) is 12.3. The van der Waals surface area contributed by atoms with Crippen LogP contribution in [0.3, 0.4) is 0 Å². The Morgan fingerprint density at radius 3 is 2.29 bits per heavy atom. The van der Waals surface area contributed by atoms with Crippen molar-refractivity contribution < 1.29 is 24.2 Å². The molecular formula is C15H21NO5. The van der Waals surface area contributed by atoms with E-state index in [0.717, 1.165) is 5.75 Å². The van der Waals surface area contributed by atoms with Gasteiger partial charge in [-0.3, -0.25) is 9.59 Å². The molecule has 116 valence electrons. The van der Waals surface area contributed by atoms with Crippen molar-refractivity contribution in [2.45, 2.75) is 32.7 Å². The zero-order chi connectivity index (χ0) is 15.7. The Bertz CT molecular complexity index is 458. The van der Waals surface area contributed by atoms with E-state index in [9.17, 15) is 9.59 Å². The number of benzene rings is 1. The number of hydrogen-bond acceptors (Lipinski definition) is 4. The van der Waals surface area contributed by atoms with E-state index < -0.39 is 12.0 Å². The molecule has 0 aromatic heterocycles. The van der Waals surface area contributed by atoms with Crippen molar-refractivity contribution in [2.75, 3.05) is 13.2 Å². The first-order valence-corrected chi connectivity index (χ1v) is 6.90. The topological polar surface area (TPSA) is 84.9 Å². The number of carbonyl (C=O) groups excluding carboxylic acids is 1. The van der Waals surface area contributed by atoms with Gasteiger partial charge < -0.3 is 19.9 Å². The van der Waals surface area contributed by atoms with E-state index >= 15 is 0 Å². The Balaban J connectivity index is 2.21. The van der Waals surface area contributed by atoms with Gasteiger partial charge in [0.05, 0.1) is 13.2 Å². The second kappa shape index (κ2) is 8.84. The number of carboxylic acid groups (broad SMARTS) is 1. The number of nitrogens with one attached hydrogen (secondary N) is 1. The zero-order valence-corrected chi connectivity index (χ0v) is 12.3. The standard InChI is InChI=1S/C15H21NO5/c1-3-20-12-6-8-13(9-7-12)21-10-4-5-14(17)16-11(2)15(18)19/h6-9,11H,3-5,10H2,1-2H3,(H,16,17)(H,18,19)/t11-/m0/s1. The second-order valence-corrected chi connectivity index (χ2v) is 4.48. The Kier molecular flexibility index (Phi) is 7.08. The number of carboxylic acids is 1. The van der Waals surface area contributed by atoms with Crippen LogP contribution in [-0.4, -0.2) is 36.2 Å². The SMILES string of the molecule is CCOc1ccc(OCCCC(=O)N[C@@H](C)C(=O)O)cc1. The summed E-state index contributed by atoms with van der Waals surface area (Å²) in [5.74, 6) is 0.152. The molecule has 0 spiro atoms. The smallest absolute Gasteiger partial charge is 0.325 e. The number of ether oxygens (including phenoxy) is 2. The van der Waals surface area contributed by atoms with Crippen LogP contribution < -0.4 is 14.8 Å². The third-order valence-electron chi connectivity index (χ3n) is 2.70. The lowest BCUT2D eigenvalue weighted by Gasteiger charge is -2.10. The summed E-state index contributed by atoms with van der Waals surface area (Å²) in [7, 11) is 0. The van der Waals surface area contributed by atoms with E-state index in [4.69, 9.17) is 14.6 Å². The van der Waals surface area contributed by atoms with Gasteiger partial charge in [-0.25, -0.2) is 0 Å². The van der Waals surface area contributed by atoms with E-state index in [1.54, 1.807) is 12.1 Å². The first-order chi connectivity index (χ1) is 10.0. The summed E-state index contributed by atoms with van der Waals surface area (Å²) in [6.07, 6.45) is 0.750. The molecule has 0 aliphatic rings. The predicted octanol–water partition coefficient (Wildman–Crippen LogP) is 1.83. The summed E-state index contributed by atoms with van der Waals surface area (Å²) in [6.45, 7) is 4.35. The van der Waals surface area contributed by atoms with Gasteiger partial charge in [0.15, 0.2) is 0 Å². The minimum atomic E-state index is -1.05. The molecule has 0 aliphatic heterocycles. The van der Waals surface area contributed by atoms with E-state index in [-0.39, 0.29) is 12.3 Å². The second-order valence-electron chi connectivity index (χ2n) is 4.48. The Morgan fingerprint density at radius 1 is 1.19 bits per heavy atom. The van der Waals surface area contributed by atoms with Crippen LogP contribution >= 0.6 is 0 Å². The van der Waals surface area contributed by atoms with Crippen molar-refractivity contribution in [2.24, 2.45) is 0 Å². The highest BCUT2D eigenvalue weighted by molar-refractivity contribution is 5.83. The first-order valence-electron chi connectivity index (χ1n) is 6.90. The normalized spacial score (nSPS) is 11.5. The van der Waals surface area contributed by atoms with Gasteiger partial charge in [-0.1, -0.05) is 0 Å². The number of hydrogen-bond donors (Lipinski definition) is 2. The van der Waals surface area contributed by atoms with Gasteiger partial charge in [-0.05, 0) is 44.5 Å². The molecule has 21 heavy (non-hydrogen) atoms. The van der Waals surface area contributed by atoms with Crippen molar-refractivity contribution in [3.63, 3.8) is 0 Å². The number of carbonyl (C=O) groups is 2. The molecule has 2 N–H and O–H groups in total. The molecule has 6 nitrogen and oxygen atoms in total. The van der Waals surface area contributed by atoms with Crippen molar-refractivity contribution >= 4 is 11.9 Å². The lowest BCUT2D eigenvalue weighted by atomic mass is 10.2. The lowest BCUT2D eigenvalue weighted by molar-refractivity contribution is -0.141. The van der Waals surface area contributed by atoms with Gasteiger partial charge in [0.25, 0.3) is 0 Å². The molecule has 1 aromatic rings. The lowest BCUT2D eigenvalue weighted by Crippen LogP contribution is -2.38. The molecule has 0 heterocycles. The van der Waals surface area contributed by atoms with E-state index in [1.807, 2.05) is 19.1 Å². The molecule has 1 amide bonds. The average Bonchev–Trinajstić information content (AvgIpc) is 2.45. The number of rotatable bonds is 9. The Hall–Kier alpha value is -2.24. The van der Waals surface area contributed by atoms with Crippen LogP contribution in [0.1, 0.15) is 26.7 Å². The predicted molar refractivity (Wildman–Crippen MR) is 77.6 cm³/mol. The summed E-state index contributed by atoms with van der Waals surface area (Å²) in [5, 5.41) is 11.1. The van der Waals surface area contributed by atoms with Crippen molar-refractivity contribution in [1.29, 1.82) is 0 Å². The highest BCUT2D eigenvalue weighted by atomic mass is 16.5. The fraction of sp³-hybridized carbons (Fsp3) is 0.467. The monoisotopic (exact) mass is 295 g/mol. The van der Waals surface area contributed by atoms with E-state index in [0.29, 0.717) is 25.4 Å². The molecule has 0 radical (unpaired) electrons. The van der Waals surface area contributed by atoms with Gasteiger partial charge in [-0.2, -0.15) is 0 Å². The van der Waals surface area contributed by atoms with Crippen molar-refractivity contribution in [1.82, 2.24) is 5.32 Å². The number of amides is 1. The molecule has 0 bridgehead atoms. The summed E-state index contributed by atoms with van der Waals surface area (Å²) < 4.78 is 10.8. The van der Waals surface area contributed by atoms with Gasteiger partial charge in [0.2, 0.25) is 5.91 Å². The molecule has 6 heteroatoms. The van der Waals surface area contributed by atoms with E-state index in [1.165, 1.54) is 6.92 Å². The highest BCUT2D eigenvalue weighted by Gasteiger charge is 2.13. The van der Waals surface area contributed by atoms with Crippen molar-refractivity contribution in [3.8, 4) is 11.5 Å². The molecule has 0 fully saturated rings. The molecule has 0 aliphatic carbocycles. The van der Waals surface area contributed by atoms with Gasteiger partial charge in [0, 0.05) is 6.42 Å². The van der Waals surface area contributed by atoms with Gasteiger partial charge >= 0.3 is 5.97 Å². The third kappa shape index (κ3) is 6.65. The largest absolute Gasteiger partial charge is 0.494 e.